The molecule has 6 heteroatoms. The molecule has 1 atom stereocenters. The zero-order chi connectivity index (χ0) is 15.8. The molecule has 0 bridgehead atoms. The lowest BCUT2D eigenvalue weighted by molar-refractivity contribution is -0.128. The van der Waals surface area contributed by atoms with E-state index in [1.54, 1.807) is 13.0 Å². The highest BCUT2D eigenvalue weighted by Gasteiger charge is 2.37. The zero-order valence-corrected chi connectivity index (χ0v) is 13.0. The van der Waals surface area contributed by atoms with Crippen LogP contribution in [0.2, 0.25) is 0 Å². The number of rotatable bonds is 3. The van der Waals surface area contributed by atoms with E-state index in [0.717, 1.165) is 12.1 Å². The van der Waals surface area contributed by atoms with Gasteiger partial charge in [0.15, 0.2) is 5.76 Å². The summed E-state index contributed by atoms with van der Waals surface area (Å²) in [6.07, 6.45) is 0.580. The summed E-state index contributed by atoms with van der Waals surface area (Å²) in [6.45, 7) is 9.46. The Balaban J connectivity index is 2.10. The summed E-state index contributed by atoms with van der Waals surface area (Å²) in [5, 5.41) is 0. The number of amides is 2. The molecule has 116 valence electrons. The number of nitrogens with one attached hydrogen (secondary N) is 1. The Labute approximate surface area is 124 Å². The van der Waals surface area contributed by atoms with Crippen molar-refractivity contribution in [2.45, 2.75) is 40.7 Å². The average Bonchev–Trinajstić information content (AvgIpc) is 2.93. The molecule has 0 spiro atoms. The maximum absolute atomic E-state index is 12.1. The lowest BCUT2D eigenvalue weighted by atomic mass is 9.80. The van der Waals surface area contributed by atoms with E-state index in [2.05, 4.69) is 20.8 Å². The number of likely N-dealkylation sites (tertiary alicyclic amines) is 1. The Bertz CT molecular complexity index is 557. The molecule has 1 unspecified atom stereocenters. The quantitative estimate of drug-likeness (QED) is 0.503. The van der Waals surface area contributed by atoms with Gasteiger partial charge in [-0.05, 0) is 24.3 Å². The highest BCUT2D eigenvalue weighted by Crippen LogP contribution is 2.35. The minimum absolute atomic E-state index is 0.112. The Morgan fingerprint density at radius 1 is 1.52 bits per heavy atom. The molecule has 0 saturated carbocycles. The third kappa shape index (κ3) is 3.26. The Morgan fingerprint density at radius 3 is 2.71 bits per heavy atom. The monoisotopic (exact) mass is 293 g/mol. The Kier molecular flexibility index (Phi) is 4.09. The number of nitrogens with two attached hydrogens (primary N) is 1. The van der Waals surface area contributed by atoms with Crippen molar-refractivity contribution < 1.29 is 14.0 Å². The number of carbonyl (C=O) groups is 2. The second-order valence-corrected chi connectivity index (χ2v) is 6.71. The van der Waals surface area contributed by atoms with Gasteiger partial charge in [0.1, 0.15) is 5.76 Å². The van der Waals surface area contributed by atoms with Crippen molar-refractivity contribution in [3.8, 4) is 0 Å². The van der Waals surface area contributed by atoms with Gasteiger partial charge in [0.25, 0.3) is 0 Å². The highest BCUT2D eigenvalue weighted by atomic mass is 16.4. The molecule has 0 aliphatic carbocycles. The van der Waals surface area contributed by atoms with E-state index in [9.17, 15) is 9.59 Å². The predicted molar refractivity (Wildman–Crippen MR) is 78.1 cm³/mol. The van der Waals surface area contributed by atoms with Crippen LogP contribution in [0.3, 0.4) is 0 Å². The average molecular weight is 293 g/mol. The number of carbonyl (C=O) groups excluding carboxylic acids is 2. The molecular formula is C15H23N3O3. The number of hydrogen-bond acceptors (Lipinski definition) is 4. The standard InChI is InChI=1S/C15H23N3O3/c1-9-10(5-12(21-9)14(20)17-16)7-18-8-11(6-13(18)19)15(2,3)4/h5,11H,6-8,16H2,1-4H3,(H,17,20). The van der Waals surface area contributed by atoms with Crippen LogP contribution in [0.25, 0.3) is 0 Å². The van der Waals surface area contributed by atoms with E-state index in [0.29, 0.717) is 24.6 Å². The van der Waals surface area contributed by atoms with Crippen molar-refractivity contribution in [1.29, 1.82) is 0 Å². The topological polar surface area (TPSA) is 88.6 Å². The predicted octanol–water partition coefficient (Wildman–Crippen LogP) is 1.59. The summed E-state index contributed by atoms with van der Waals surface area (Å²) < 4.78 is 5.38. The molecule has 1 aliphatic rings. The molecule has 0 radical (unpaired) electrons. The fourth-order valence-corrected chi connectivity index (χ4v) is 2.57. The maximum atomic E-state index is 12.1. The smallest absolute Gasteiger partial charge is 0.300 e. The summed E-state index contributed by atoms with van der Waals surface area (Å²) >= 11 is 0. The first-order valence-corrected chi connectivity index (χ1v) is 7.10. The molecule has 1 saturated heterocycles. The molecule has 1 aromatic rings. The highest BCUT2D eigenvalue weighted by molar-refractivity contribution is 5.91. The van der Waals surface area contributed by atoms with E-state index < -0.39 is 5.91 Å². The lowest BCUT2D eigenvalue weighted by Gasteiger charge is -2.26. The molecule has 6 nitrogen and oxygen atoms in total. The van der Waals surface area contributed by atoms with Crippen LogP contribution in [0.1, 0.15) is 49.1 Å². The maximum Gasteiger partial charge on any atom is 0.300 e. The normalized spacial score (nSPS) is 19.2. The number of nitrogen functional groups attached to an aromatic ring is 1. The van der Waals surface area contributed by atoms with Crippen LogP contribution in [0, 0.1) is 18.3 Å². The molecule has 1 aromatic heterocycles. The largest absolute Gasteiger partial charge is 0.456 e. The summed E-state index contributed by atoms with van der Waals surface area (Å²) in [5.74, 6) is 5.94. The first-order valence-electron chi connectivity index (χ1n) is 7.10. The first kappa shape index (κ1) is 15.6. The summed E-state index contributed by atoms with van der Waals surface area (Å²) in [4.78, 5) is 25.4. The van der Waals surface area contributed by atoms with Crippen LogP contribution >= 0.6 is 0 Å². The Morgan fingerprint density at radius 2 is 2.19 bits per heavy atom. The molecule has 2 rings (SSSR count). The van der Waals surface area contributed by atoms with Gasteiger partial charge in [0, 0.05) is 25.1 Å². The molecule has 2 heterocycles. The number of nitrogens with zero attached hydrogens (tertiary/aromatic N) is 1. The van der Waals surface area contributed by atoms with Crippen LogP contribution < -0.4 is 11.3 Å². The second-order valence-electron chi connectivity index (χ2n) is 6.71. The SMILES string of the molecule is Cc1oc(C(=O)NN)cc1CN1CC(C(C)(C)C)CC1=O. The van der Waals surface area contributed by atoms with Gasteiger partial charge in [-0.2, -0.15) is 0 Å². The molecule has 1 aliphatic heterocycles. The fraction of sp³-hybridized carbons (Fsp3) is 0.600. The first-order chi connectivity index (χ1) is 9.72. The number of hydrazine groups is 1. The summed E-state index contributed by atoms with van der Waals surface area (Å²) in [6, 6.07) is 1.65. The second kappa shape index (κ2) is 5.52. The van der Waals surface area contributed by atoms with Crippen molar-refractivity contribution in [2.75, 3.05) is 6.54 Å². The van der Waals surface area contributed by atoms with Gasteiger partial charge < -0.3 is 9.32 Å². The number of furan rings is 1. The van der Waals surface area contributed by atoms with Gasteiger partial charge >= 0.3 is 5.91 Å². The number of hydrogen-bond donors (Lipinski definition) is 2. The summed E-state index contributed by atoms with van der Waals surface area (Å²) in [7, 11) is 0. The van der Waals surface area contributed by atoms with Gasteiger partial charge in [0.05, 0.1) is 0 Å². The van der Waals surface area contributed by atoms with Crippen LogP contribution in [0.4, 0.5) is 0 Å². The van der Waals surface area contributed by atoms with Crippen LogP contribution in [0.5, 0.6) is 0 Å². The van der Waals surface area contributed by atoms with Gasteiger partial charge in [-0.3, -0.25) is 15.0 Å². The summed E-state index contributed by atoms with van der Waals surface area (Å²) in [5.41, 5.74) is 2.99. The van der Waals surface area contributed by atoms with Crippen LogP contribution in [0.15, 0.2) is 10.5 Å². The minimum Gasteiger partial charge on any atom is -0.456 e. The van der Waals surface area contributed by atoms with Crippen LogP contribution in [-0.2, 0) is 11.3 Å². The molecule has 1 fully saturated rings. The van der Waals surface area contributed by atoms with Gasteiger partial charge in [-0.1, -0.05) is 20.8 Å². The van der Waals surface area contributed by atoms with E-state index in [-0.39, 0.29) is 17.1 Å². The van der Waals surface area contributed by atoms with Crippen molar-refractivity contribution >= 4 is 11.8 Å². The van der Waals surface area contributed by atoms with Gasteiger partial charge in [0.2, 0.25) is 5.91 Å². The van der Waals surface area contributed by atoms with E-state index in [4.69, 9.17) is 10.3 Å². The third-order valence-electron chi connectivity index (χ3n) is 4.18. The van der Waals surface area contributed by atoms with E-state index in [1.807, 2.05) is 10.3 Å². The minimum atomic E-state index is -0.468. The molecule has 3 N–H and O–H groups in total. The van der Waals surface area contributed by atoms with E-state index >= 15 is 0 Å². The van der Waals surface area contributed by atoms with Crippen molar-refractivity contribution in [3.05, 3.63) is 23.2 Å². The van der Waals surface area contributed by atoms with Crippen molar-refractivity contribution in [3.63, 3.8) is 0 Å². The number of aryl methyl sites for hydroxylation is 1. The molecular weight excluding hydrogens is 270 g/mol. The molecule has 21 heavy (non-hydrogen) atoms. The fourth-order valence-electron chi connectivity index (χ4n) is 2.57. The lowest BCUT2D eigenvalue weighted by Crippen LogP contribution is -2.29. The Hall–Kier alpha value is -1.82. The van der Waals surface area contributed by atoms with Crippen molar-refractivity contribution in [2.24, 2.45) is 17.2 Å². The molecule has 0 aromatic carbocycles. The van der Waals surface area contributed by atoms with Crippen molar-refractivity contribution in [1.82, 2.24) is 10.3 Å². The van der Waals surface area contributed by atoms with Gasteiger partial charge in [-0.25, -0.2) is 5.84 Å². The van der Waals surface area contributed by atoms with Gasteiger partial charge in [-0.15, -0.1) is 0 Å². The van der Waals surface area contributed by atoms with E-state index in [1.165, 1.54) is 0 Å². The molecule has 2 amide bonds. The zero-order valence-electron chi connectivity index (χ0n) is 13.0. The third-order valence-corrected chi connectivity index (χ3v) is 4.18. The van der Waals surface area contributed by atoms with Crippen LogP contribution in [-0.4, -0.2) is 23.3 Å².